The monoisotopic (exact) mass is 514 g/mol. The predicted molar refractivity (Wildman–Crippen MR) is 123 cm³/mol. The van der Waals surface area contributed by atoms with Gasteiger partial charge >= 0.3 is 0 Å². The Morgan fingerprint density at radius 2 is 1.78 bits per heavy atom. The SMILES string of the molecule is C[C@@H]1C=CC[C@@H]2C(=O)N(N(CC(=O)c3ccc(Br)cc3)C(=O)c3ccccc3Cl)C(=O)[C@@H]12. The Labute approximate surface area is 198 Å². The summed E-state index contributed by atoms with van der Waals surface area (Å²) < 4.78 is 0.800. The van der Waals surface area contributed by atoms with Gasteiger partial charge in [-0.3, -0.25) is 19.2 Å². The van der Waals surface area contributed by atoms with Crippen molar-refractivity contribution in [1.82, 2.24) is 10.0 Å². The van der Waals surface area contributed by atoms with Gasteiger partial charge in [-0.25, -0.2) is 5.01 Å². The Morgan fingerprint density at radius 1 is 1.09 bits per heavy atom. The van der Waals surface area contributed by atoms with Gasteiger partial charge in [0.25, 0.3) is 17.7 Å². The number of imide groups is 1. The van der Waals surface area contributed by atoms with E-state index in [-0.39, 0.29) is 16.5 Å². The predicted octanol–water partition coefficient (Wildman–Crippen LogP) is 4.54. The molecule has 32 heavy (non-hydrogen) atoms. The average molecular weight is 516 g/mol. The fourth-order valence-electron chi connectivity index (χ4n) is 4.24. The van der Waals surface area contributed by atoms with Crippen LogP contribution in [0, 0.1) is 17.8 Å². The van der Waals surface area contributed by atoms with E-state index in [4.69, 9.17) is 11.6 Å². The van der Waals surface area contributed by atoms with Gasteiger partial charge in [-0.15, -0.1) is 0 Å². The number of carbonyl (C=O) groups is 4. The second-order valence-electron chi connectivity index (χ2n) is 7.92. The number of hydrogen-bond acceptors (Lipinski definition) is 4. The number of Topliss-reactive ketones (excluding diaryl/α,β-unsaturated/α-hetero) is 1. The topological polar surface area (TPSA) is 74.8 Å². The van der Waals surface area contributed by atoms with Crippen LogP contribution in [0.5, 0.6) is 0 Å². The van der Waals surface area contributed by atoms with Crippen molar-refractivity contribution in [3.8, 4) is 0 Å². The summed E-state index contributed by atoms with van der Waals surface area (Å²) in [6, 6.07) is 13.0. The Kier molecular flexibility index (Phi) is 6.31. The van der Waals surface area contributed by atoms with E-state index >= 15 is 0 Å². The molecule has 164 valence electrons. The lowest BCUT2D eigenvalue weighted by molar-refractivity contribution is -0.154. The minimum absolute atomic E-state index is 0.111. The molecule has 1 aliphatic carbocycles. The quantitative estimate of drug-likeness (QED) is 0.333. The second kappa shape index (κ2) is 9.00. The first-order valence-corrected chi connectivity index (χ1v) is 11.4. The van der Waals surface area contributed by atoms with Crippen molar-refractivity contribution >= 4 is 51.0 Å². The van der Waals surface area contributed by atoms with Crippen LogP contribution in [-0.4, -0.2) is 40.1 Å². The van der Waals surface area contributed by atoms with E-state index in [1.807, 2.05) is 19.1 Å². The number of fused-ring (bicyclic) bond motifs is 1. The van der Waals surface area contributed by atoms with Gasteiger partial charge in [-0.05, 0) is 36.6 Å². The maximum absolute atomic E-state index is 13.5. The molecule has 1 aliphatic heterocycles. The van der Waals surface area contributed by atoms with Gasteiger partial charge < -0.3 is 0 Å². The van der Waals surface area contributed by atoms with E-state index in [0.717, 1.165) is 14.5 Å². The number of rotatable bonds is 5. The van der Waals surface area contributed by atoms with Gasteiger partial charge in [0.2, 0.25) is 0 Å². The Hall–Kier alpha value is -2.77. The zero-order chi connectivity index (χ0) is 23.0. The first-order chi connectivity index (χ1) is 15.3. The normalized spacial score (nSPS) is 22.1. The summed E-state index contributed by atoms with van der Waals surface area (Å²) in [6.07, 6.45) is 4.21. The molecule has 4 rings (SSSR count). The number of ketones is 1. The molecule has 2 aromatic rings. The molecule has 2 aromatic carbocycles. The van der Waals surface area contributed by atoms with Crippen molar-refractivity contribution in [3.63, 3.8) is 0 Å². The van der Waals surface area contributed by atoms with Crippen molar-refractivity contribution in [2.24, 2.45) is 17.8 Å². The van der Waals surface area contributed by atoms with Crippen molar-refractivity contribution in [3.05, 3.63) is 81.3 Å². The molecule has 0 radical (unpaired) electrons. The van der Waals surface area contributed by atoms with Gasteiger partial charge in [-0.2, -0.15) is 5.01 Å². The first-order valence-electron chi connectivity index (χ1n) is 10.2. The highest BCUT2D eigenvalue weighted by Gasteiger charge is 2.53. The van der Waals surface area contributed by atoms with E-state index in [1.54, 1.807) is 42.5 Å². The Balaban J connectivity index is 1.72. The van der Waals surface area contributed by atoms with Gasteiger partial charge in [0.05, 0.1) is 22.4 Å². The number of amides is 3. The highest BCUT2D eigenvalue weighted by Crippen LogP contribution is 2.39. The Bertz CT molecular complexity index is 1130. The summed E-state index contributed by atoms with van der Waals surface area (Å²) in [7, 11) is 0. The summed E-state index contributed by atoms with van der Waals surface area (Å²) >= 11 is 9.55. The standard InChI is InChI=1S/C24H20BrClN2O4/c1-14-5-4-7-18-21(14)24(32)28(23(18)31)27(22(30)17-6-2-3-8-19(17)26)13-20(29)15-9-11-16(25)12-10-15/h2-6,8-12,14,18,21H,7,13H2,1H3/t14-,18+,21+/m1/s1. The minimum atomic E-state index is -0.679. The van der Waals surface area contributed by atoms with Crippen LogP contribution in [0.2, 0.25) is 5.02 Å². The number of hydrazine groups is 1. The third-order valence-corrected chi connectivity index (χ3v) is 6.75. The summed E-state index contributed by atoms with van der Waals surface area (Å²) in [5.74, 6) is -3.28. The second-order valence-corrected chi connectivity index (χ2v) is 9.24. The van der Waals surface area contributed by atoms with Gasteiger partial charge in [-0.1, -0.05) is 70.9 Å². The number of benzene rings is 2. The molecule has 1 fully saturated rings. The van der Waals surface area contributed by atoms with Crippen molar-refractivity contribution in [2.75, 3.05) is 6.54 Å². The first kappa shape index (κ1) is 22.4. The molecule has 3 amide bonds. The zero-order valence-corrected chi connectivity index (χ0v) is 19.5. The van der Waals surface area contributed by atoms with Crippen LogP contribution < -0.4 is 0 Å². The van der Waals surface area contributed by atoms with Crippen molar-refractivity contribution in [1.29, 1.82) is 0 Å². The fourth-order valence-corrected chi connectivity index (χ4v) is 4.72. The summed E-state index contributed by atoms with van der Waals surface area (Å²) in [5.41, 5.74) is 0.469. The maximum atomic E-state index is 13.5. The Morgan fingerprint density at radius 3 is 2.44 bits per heavy atom. The summed E-state index contributed by atoms with van der Waals surface area (Å²) in [4.78, 5) is 53.1. The van der Waals surface area contributed by atoms with Gasteiger partial charge in [0.1, 0.15) is 6.54 Å². The molecule has 2 aliphatic rings. The summed E-state index contributed by atoms with van der Waals surface area (Å²) in [5, 5.41) is 1.98. The zero-order valence-electron chi connectivity index (χ0n) is 17.2. The molecule has 0 saturated carbocycles. The molecule has 8 heteroatoms. The molecule has 0 N–H and O–H groups in total. The molecule has 0 unspecified atom stereocenters. The van der Waals surface area contributed by atoms with E-state index < -0.39 is 41.9 Å². The lowest BCUT2D eigenvalue weighted by Crippen LogP contribution is -2.52. The van der Waals surface area contributed by atoms with Crippen LogP contribution in [0.3, 0.4) is 0 Å². The van der Waals surface area contributed by atoms with Gasteiger partial charge in [0.15, 0.2) is 5.78 Å². The smallest absolute Gasteiger partial charge is 0.274 e. The molecule has 1 heterocycles. The molecular weight excluding hydrogens is 496 g/mol. The molecular formula is C24H20BrClN2O4. The molecule has 3 atom stereocenters. The van der Waals surface area contributed by atoms with Crippen LogP contribution in [0.1, 0.15) is 34.1 Å². The van der Waals surface area contributed by atoms with E-state index in [1.165, 1.54) is 6.07 Å². The maximum Gasteiger partial charge on any atom is 0.274 e. The number of halogens is 2. The lowest BCUT2D eigenvalue weighted by Gasteiger charge is -2.30. The van der Waals surface area contributed by atoms with E-state index in [0.29, 0.717) is 12.0 Å². The van der Waals surface area contributed by atoms with Crippen molar-refractivity contribution in [2.45, 2.75) is 13.3 Å². The molecule has 0 aromatic heterocycles. The average Bonchev–Trinajstić information content (AvgIpc) is 3.03. The van der Waals surface area contributed by atoms with Crippen LogP contribution in [0.25, 0.3) is 0 Å². The lowest BCUT2D eigenvalue weighted by atomic mass is 9.78. The number of carbonyl (C=O) groups excluding carboxylic acids is 4. The van der Waals surface area contributed by atoms with Crippen LogP contribution in [0.15, 0.2) is 65.2 Å². The minimum Gasteiger partial charge on any atom is -0.292 e. The van der Waals surface area contributed by atoms with Crippen LogP contribution in [-0.2, 0) is 9.59 Å². The van der Waals surface area contributed by atoms with Crippen LogP contribution >= 0.6 is 27.5 Å². The largest absolute Gasteiger partial charge is 0.292 e. The van der Waals surface area contributed by atoms with Crippen LogP contribution in [0.4, 0.5) is 0 Å². The van der Waals surface area contributed by atoms with E-state index in [9.17, 15) is 19.2 Å². The number of allylic oxidation sites excluding steroid dienone is 2. The van der Waals surface area contributed by atoms with E-state index in [2.05, 4.69) is 15.9 Å². The van der Waals surface area contributed by atoms with Gasteiger partial charge in [0, 0.05) is 10.0 Å². The molecule has 1 saturated heterocycles. The summed E-state index contributed by atoms with van der Waals surface area (Å²) in [6.45, 7) is 1.40. The third kappa shape index (κ3) is 4.02. The third-order valence-electron chi connectivity index (χ3n) is 5.89. The molecule has 0 spiro atoms. The highest BCUT2D eigenvalue weighted by atomic mass is 79.9. The molecule has 0 bridgehead atoms. The number of hydrogen-bond donors (Lipinski definition) is 0. The highest BCUT2D eigenvalue weighted by molar-refractivity contribution is 9.10. The fraction of sp³-hybridized carbons (Fsp3) is 0.250. The molecule has 6 nitrogen and oxygen atoms in total. The van der Waals surface area contributed by atoms with Crippen molar-refractivity contribution < 1.29 is 19.2 Å². The number of nitrogens with zero attached hydrogens (tertiary/aromatic N) is 2.